The van der Waals surface area contributed by atoms with Crippen molar-refractivity contribution >= 4 is 47.3 Å². The molecule has 1 aliphatic heterocycles. The number of hydrogen-bond donors (Lipinski definition) is 11. The van der Waals surface area contributed by atoms with Crippen LogP contribution in [0.5, 0.6) is 0 Å². The molecule has 294 valence electrons. The third kappa shape index (κ3) is 17.9. The molecule has 1 saturated heterocycles. The van der Waals surface area contributed by atoms with Gasteiger partial charge in [0.15, 0.2) is 0 Å². The summed E-state index contributed by atoms with van der Waals surface area (Å²) in [6.45, 7) is 3.02. The molecule has 1 heterocycles. The highest BCUT2D eigenvalue weighted by Gasteiger charge is 2.39. The summed E-state index contributed by atoms with van der Waals surface area (Å²) in [6.07, 6.45) is -8.49. The molecule has 1 aliphatic rings. The molecule has 0 radical (unpaired) electrons. The van der Waals surface area contributed by atoms with E-state index >= 15 is 0 Å². The maximum Gasteiger partial charge on any atom is 0.327 e. The smallest absolute Gasteiger partial charge is 0.327 e. The topological polar surface area (TPSA) is 314 Å². The molecule has 0 spiro atoms. The van der Waals surface area contributed by atoms with Crippen molar-refractivity contribution in [3.63, 3.8) is 0 Å². The Bertz CT molecular complexity index is 1120. The van der Waals surface area contributed by atoms with Crippen molar-refractivity contribution in [2.75, 3.05) is 65.0 Å². The number of carbonyl (C=O) groups excluding carboxylic acids is 5. The summed E-state index contributed by atoms with van der Waals surface area (Å²) >= 11 is 0.887. The van der Waals surface area contributed by atoms with Gasteiger partial charge in [-0.1, -0.05) is 13.8 Å². The quantitative estimate of drug-likeness (QED) is 0.0262. The van der Waals surface area contributed by atoms with Gasteiger partial charge in [-0.3, -0.25) is 28.9 Å². The highest BCUT2D eigenvalue weighted by atomic mass is 32.2. The number of likely N-dealkylation sites (tertiary alicyclic amines) is 1. The lowest BCUT2D eigenvalue weighted by Crippen LogP contribution is -2.53. The fourth-order valence-electron chi connectivity index (χ4n) is 4.50. The van der Waals surface area contributed by atoms with Crippen molar-refractivity contribution in [2.24, 2.45) is 0 Å². The van der Waals surface area contributed by atoms with Crippen LogP contribution >= 0.6 is 11.8 Å². The highest BCUT2D eigenvalue weighted by Crippen LogP contribution is 2.25. The minimum atomic E-state index is -1.93. The minimum absolute atomic E-state index is 0.0761. The lowest BCUT2D eigenvalue weighted by atomic mass is 10.0. The average molecular weight is 756 g/mol. The number of aliphatic hydroxyl groups is 6. The van der Waals surface area contributed by atoms with Gasteiger partial charge in [-0.15, -0.1) is 11.8 Å². The number of imide groups is 1. The Hall–Kier alpha value is -2.99. The SMILES string of the molecule is CC(C)NCCN1C(=O)CC(SC[C@@H](NC(=O)[C@@H](CCC(=O)NC[C@H](O)[C@@H](O)[C@H](O)[C@H](O)CO)NC(=O)CCOCCOCCO)C(=O)O)C1=O. The van der Waals surface area contributed by atoms with Crippen molar-refractivity contribution in [1.82, 2.24) is 26.2 Å². The molecule has 0 aliphatic carbocycles. The summed E-state index contributed by atoms with van der Waals surface area (Å²) in [7, 11) is 0. The predicted octanol–water partition coefficient (Wildman–Crippen LogP) is -5.35. The zero-order valence-electron chi connectivity index (χ0n) is 28.8. The van der Waals surface area contributed by atoms with Crippen LogP contribution in [0.15, 0.2) is 0 Å². The number of aliphatic hydroxyl groups excluding tert-OH is 6. The van der Waals surface area contributed by atoms with E-state index in [-0.39, 0.29) is 70.6 Å². The predicted molar refractivity (Wildman–Crippen MR) is 179 cm³/mol. The number of carboxylic acids is 1. The van der Waals surface area contributed by atoms with Crippen LogP contribution in [0, 0.1) is 0 Å². The highest BCUT2D eigenvalue weighted by molar-refractivity contribution is 8.00. The summed E-state index contributed by atoms with van der Waals surface area (Å²) < 4.78 is 10.3. The maximum atomic E-state index is 13.3. The fourth-order valence-corrected chi connectivity index (χ4v) is 5.68. The molecule has 11 N–H and O–H groups in total. The Balaban J connectivity index is 2.85. The molecule has 1 rings (SSSR count). The molecule has 20 nitrogen and oxygen atoms in total. The van der Waals surface area contributed by atoms with E-state index in [1.165, 1.54) is 0 Å². The molecule has 1 unspecified atom stereocenters. The summed E-state index contributed by atoms with van der Waals surface area (Å²) in [4.78, 5) is 76.8. The standard InChI is InChI=1S/C30H53N5O15S/c1-17(2)31-6-7-35-25(42)13-22(29(35)46)51-16-19(30(47)48)34-28(45)18(33-24(41)5-9-49-11-12-50-10-8-36)3-4-23(40)32-14-20(38)26(43)27(44)21(39)15-37/h17-22,26-27,31,36-39,43-44H,3-16H2,1-2H3,(H,32,40)(H,33,41)(H,34,45)(H,47,48)/t18-,19-,20+,21-,22?,26-,27-/m1/s1. The second kappa shape index (κ2) is 25.1. The zero-order valence-corrected chi connectivity index (χ0v) is 29.6. The normalized spacial score (nSPS) is 18.2. The molecule has 1 fully saturated rings. The van der Waals surface area contributed by atoms with Gasteiger partial charge in [-0.2, -0.15) is 0 Å². The number of aliphatic carboxylic acids is 1. The summed E-state index contributed by atoms with van der Waals surface area (Å²) in [5.41, 5.74) is 0. The fraction of sp³-hybridized carbons (Fsp3) is 0.800. The number of thioether (sulfide) groups is 1. The van der Waals surface area contributed by atoms with Gasteiger partial charge in [-0.25, -0.2) is 4.79 Å². The van der Waals surface area contributed by atoms with E-state index in [0.29, 0.717) is 6.54 Å². The molecular weight excluding hydrogens is 702 g/mol. The monoisotopic (exact) mass is 755 g/mol. The van der Waals surface area contributed by atoms with Crippen LogP contribution < -0.4 is 21.3 Å². The largest absolute Gasteiger partial charge is 0.480 e. The number of amides is 5. The molecule has 0 aromatic heterocycles. The number of carbonyl (C=O) groups is 6. The second-order valence-corrected chi connectivity index (χ2v) is 13.1. The Morgan fingerprint density at radius 3 is 2.14 bits per heavy atom. The van der Waals surface area contributed by atoms with E-state index in [4.69, 9.17) is 19.7 Å². The molecule has 21 heteroatoms. The van der Waals surface area contributed by atoms with Gasteiger partial charge in [0.2, 0.25) is 29.5 Å². The van der Waals surface area contributed by atoms with Gasteiger partial charge in [0.25, 0.3) is 0 Å². The van der Waals surface area contributed by atoms with E-state index < -0.39 is 96.8 Å². The first-order chi connectivity index (χ1) is 24.1. The molecule has 0 bridgehead atoms. The average Bonchev–Trinajstić information content (AvgIpc) is 3.36. The number of carboxylic acid groups (broad SMARTS) is 1. The van der Waals surface area contributed by atoms with Crippen molar-refractivity contribution in [3.8, 4) is 0 Å². The Kier molecular flexibility index (Phi) is 22.6. The number of rotatable bonds is 28. The van der Waals surface area contributed by atoms with E-state index in [0.717, 1.165) is 16.7 Å². The maximum absolute atomic E-state index is 13.3. The molecule has 0 aromatic carbocycles. The first-order valence-corrected chi connectivity index (χ1v) is 17.6. The van der Waals surface area contributed by atoms with E-state index in [2.05, 4.69) is 21.3 Å². The zero-order chi connectivity index (χ0) is 38.5. The number of nitrogens with zero attached hydrogens (tertiary/aromatic N) is 1. The van der Waals surface area contributed by atoms with Crippen LogP contribution in [-0.4, -0.2) is 189 Å². The number of ether oxygens (including phenoxy) is 2. The van der Waals surface area contributed by atoms with Crippen LogP contribution in [0.3, 0.4) is 0 Å². The summed E-state index contributed by atoms with van der Waals surface area (Å²) in [5.74, 6) is -5.03. The lowest BCUT2D eigenvalue weighted by molar-refractivity contribution is -0.142. The van der Waals surface area contributed by atoms with E-state index in [1.807, 2.05) is 13.8 Å². The van der Waals surface area contributed by atoms with Gasteiger partial charge in [0.1, 0.15) is 30.4 Å². The Labute approximate surface area is 299 Å². The molecule has 51 heavy (non-hydrogen) atoms. The van der Waals surface area contributed by atoms with Crippen molar-refractivity contribution in [1.29, 1.82) is 0 Å². The molecule has 0 aromatic rings. The van der Waals surface area contributed by atoms with Crippen LogP contribution in [0.1, 0.15) is 39.5 Å². The number of nitrogens with one attached hydrogen (secondary N) is 4. The van der Waals surface area contributed by atoms with Gasteiger partial charge in [0.05, 0.1) is 51.0 Å². The van der Waals surface area contributed by atoms with E-state index in [1.54, 1.807) is 0 Å². The third-order valence-corrected chi connectivity index (χ3v) is 8.69. The Morgan fingerprint density at radius 2 is 1.53 bits per heavy atom. The van der Waals surface area contributed by atoms with Crippen molar-refractivity contribution in [2.45, 2.75) is 87.3 Å². The van der Waals surface area contributed by atoms with Gasteiger partial charge >= 0.3 is 5.97 Å². The summed E-state index contributed by atoms with van der Waals surface area (Å²) in [5, 5.41) is 75.8. The van der Waals surface area contributed by atoms with Crippen LogP contribution in [0.2, 0.25) is 0 Å². The summed E-state index contributed by atoms with van der Waals surface area (Å²) in [6, 6.07) is -2.84. The molecule has 5 amide bonds. The molecular formula is C30H53N5O15S. The van der Waals surface area contributed by atoms with Gasteiger partial charge in [-0.05, 0) is 6.42 Å². The van der Waals surface area contributed by atoms with Crippen molar-refractivity contribution < 1.29 is 74.0 Å². The van der Waals surface area contributed by atoms with Crippen LogP contribution in [-0.2, 0) is 38.2 Å². The van der Waals surface area contributed by atoms with Gasteiger partial charge in [0, 0.05) is 50.7 Å². The minimum Gasteiger partial charge on any atom is -0.480 e. The van der Waals surface area contributed by atoms with E-state index in [9.17, 15) is 54.3 Å². The van der Waals surface area contributed by atoms with Crippen molar-refractivity contribution in [3.05, 3.63) is 0 Å². The molecule has 7 atom stereocenters. The third-order valence-electron chi connectivity index (χ3n) is 7.40. The van der Waals surface area contributed by atoms with Gasteiger partial charge < -0.3 is 66.5 Å². The number of hydrogen-bond acceptors (Lipinski definition) is 16. The van der Waals surface area contributed by atoms with Crippen LogP contribution in [0.25, 0.3) is 0 Å². The first kappa shape index (κ1) is 46.0. The lowest BCUT2D eigenvalue weighted by Gasteiger charge is -2.26. The van der Waals surface area contributed by atoms with Crippen LogP contribution in [0.4, 0.5) is 0 Å². The second-order valence-electron chi connectivity index (χ2n) is 11.9. The molecule has 0 saturated carbocycles. The Morgan fingerprint density at radius 1 is 0.882 bits per heavy atom. The first-order valence-electron chi connectivity index (χ1n) is 16.5.